The lowest BCUT2D eigenvalue weighted by atomic mass is 9.97. The maximum Gasteiger partial charge on any atom is 0.264 e. The Balaban J connectivity index is 2.56. The number of ether oxygens (including phenoxy) is 2. The molecule has 0 radical (unpaired) electrons. The molecule has 0 saturated carbocycles. The van der Waals surface area contributed by atoms with Crippen LogP contribution in [0.1, 0.15) is 66.4 Å². The second kappa shape index (κ2) is 10.3. The van der Waals surface area contributed by atoms with Crippen LogP contribution in [0.25, 0.3) is 0 Å². The lowest BCUT2D eigenvalue weighted by Crippen LogP contribution is -2.19. The molecule has 7 heteroatoms. The van der Waals surface area contributed by atoms with Gasteiger partial charge in [-0.1, -0.05) is 31.0 Å². The fourth-order valence-corrected chi connectivity index (χ4v) is 3.25. The first-order valence-electron chi connectivity index (χ1n) is 9.49. The molecular formula is C22H27F2N3O2. The highest BCUT2D eigenvalue weighted by Crippen LogP contribution is 2.33. The number of nitrogens with one attached hydrogen (secondary N) is 1. The van der Waals surface area contributed by atoms with Crippen LogP contribution in [0.2, 0.25) is 0 Å². The quantitative estimate of drug-likeness (QED) is 0.468. The predicted octanol–water partition coefficient (Wildman–Crippen LogP) is 5.06. The second-order valence-corrected chi connectivity index (χ2v) is 6.46. The summed E-state index contributed by atoms with van der Waals surface area (Å²) in [6.45, 7) is 7.70. The van der Waals surface area contributed by atoms with Crippen molar-refractivity contribution in [2.24, 2.45) is 0 Å². The molecule has 2 rings (SSSR count). The molecule has 1 aromatic heterocycles. The van der Waals surface area contributed by atoms with Crippen molar-refractivity contribution in [3.05, 3.63) is 52.0 Å². The summed E-state index contributed by atoms with van der Waals surface area (Å²) < 4.78 is 37.9. The Morgan fingerprint density at radius 1 is 1.17 bits per heavy atom. The lowest BCUT2D eigenvalue weighted by molar-refractivity contribution is -0.124. The Hall–Kier alpha value is -2.56. The van der Waals surface area contributed by atoms with Gasteiger partial charge in [-0.25, -0.2) is 18.7 Å². The van der Waals surface area contributed by atoms with Gasteiger partial charge in [-0.3, -0.25) is 0 Å². The van der Waals surface area contributed by atoms with Gasteiger partial charge in [-0.05, 0) is 38.3 Å². The molecule has 0 amide bonds. The summed E-state index contributed by atoms with van der Waals surface area (Å²) in [5, 5.41) is 3.22. The monoisotopic (exact) mass is 403 g/mol. The molecule has 0 aliphatic carbocycles. The number of methoxy groups -OCH3 is 1. The SMILES string of the molecule is C#CC(Nc1nc(C)nc(CC)c1C(OC)OCC)c1cccc(C(F)F)c1C. The number of nitrogens with zero attached hydrogens (tertiary/aromatic N) is 2. The number of halogens is 2. The zero-order valence-corrected chi connectivity index (χ0v) is 17.4. The molecule has 2 unspecified atom stereocenters. The van der Waals surface area contributed by atoms with Gasteiger partial charge in [0.25, 0.3) is 6.43 Å². The number of anilines is 1. The molecule has 0 aliphatic heterocycles. The number of aryl methyl sites for hydroxylation is 2. The Labute approximate surface area is 170 Å². The van der Waals surface area contributed by atoms with E-state index in [9.17, 15) is 8.78 Å². The van der Waals surface area contributed by atoms with E-state index in [0.717, 1.165) is 5.69 Å². The summed E-state index contributed by atoms with van der Waals surface area (Å²) in [5.74, 6) is 3.68. The minimum Gasteiger partial charge on any atom is -0.352 e. The first-order valence-corrected chi connectivity index (χ1v) is 9.49. The van der Waals surface area contributed by atoms with E-state index in [1.807, 2.05) is 13.8 Å². The van der Waals surface area contributed by atoms with Crippen LogP contribution in [-0.2, 0) is 15.9 Å². The molecule has 0 fully saturated rings. The molecule has 29 heavy (non-hydrogen) atoms. The second-order valence-electron chi connectivity index (χ2n) is 6.46. The van der Waals surface area contributed by atoms with Gasteiger partial charge in [-0.15, -0.1) is 6.42 Å². The normalized spacial score (nSPS) is 13.2. The summed E-state index contributed by atoms with van der Waals surface area (Å²) in [5.41, 5.74) is 2.44. The average Bonchev–Trinajstić information content (AvgIpc) is 2.70. The highest BCUT2D eigenvalue weighted by atomic mass is 19.3. The van der Waals surface area contributed by atoms with E-state index in [1.165, 1.54) is 6.07 Å². The van der Waals surface area contributed by atoms with E-state index in [1.54, 1.807) is 33.1 Å². The highest BCUT2D eigenvalue weighted by Gasteiger charge is 2.25. The van der Waals surface area contributed by atoms with Crippen molar-refractivity contribution in [1.82, 2.24) is 9.97 Å². The number of terminal acetylenes is 1. The lowest BCUT2D eigenvalue weighted by Gasteiger charge is -2.24. The molecular weight excluding hydrogens is 376 g/mol. The van der Waals surface area contributed by atoms with Gasteiger partial charge in [-0.2, -0.15) is 0 Å². The van der Waals surface area contributed by atoms with Crippen molar-refractivity contribution < 1.29 is 18.3 Å². The summed E-state index contributed by atoms with van der Waals surface area (Å²) in [7, 11) is 1.54. The summed E-state index contributed by atoms with van der Waals surface area (Å²) in [6, 6.07) is 4.06. The molecule has 1 N–H and O–H groups in total. The van der Waals surface area contributed by atoms with Crippen LogP contribution in [0.5, 0.6) is 0 Å². The summed E-state index contributed by atoms with van der Waals surface area (Å²) in [4.78, 5) is 9.01. The van der Waals surface area contributed by atoms with E-state index >= 15 is 0 Å². The van der Waals surface area contributed by atoms with Crippen molar-refractivity contribution in [2.75, 3.05) is 19.0 Å². The standard InChI is InChI=1S/C22H27F2N3O2/c1-7-17(15-11-10-12-16(13(15)4)20(23)24)27-21-19(22(28-6)29-9-3)18(8-2)25-14(5)26-21/h1,10-12,17,20,22H,8-9H2,2-6H3,(H,25,26,27). The van der Waals surface area contributed by atoms with Crippen LogP contribution in [0.15, 0.2) is 18.2 Å². The molecule has 2 aromatic rings. The van der Waals surface area contributed by atoms with Crippen LogP contribution >= 0.6 is 0 Å². The fourth-order valence-electron chi connectivity index (χ4n) is 3.25. The average molecular weight is 403 g/mol. The number of hydrogen-bond donors (Lipinski definition) is 1. The minimum atomic E-state index is -2.58. The van der Waals surface area contributed by atoms with Crippen LogP contribution in [-0.4, -0.2) is 23.7 Å². The Kier molecular flexibility index (Phi) is 8.06. The molecule has 1 heterocycles. The van der Waals surface area contributed by atoms with Gasteiger partial charge >= 0.3 is 0 Å². The first-order chi connectivity index (χ1) is 13.9. The third kappa shape index (κ3) is 5.08. The van der Waals surface area contributed by atoms with Gasteiger partial charge in [0, 0.05) is 19.3 Å². The van der Waals surface area contributed by atoms with Gasteiger partial charge in [0.2, 0.25) is 0 Å². The van der Waals surface area contributed by atoms with Crippen molar-refractivity contribution in [3.63, 3.8) is 0 Å². The Bertz CT molecular complexity index is 881. The summed E-state index contributed by atoms with van der Waals surface area (Å²) >= 11 is 0. The van der Waals surface area contributed by atoms with Gasteiger partial charge < -0.3 is 14.8 Å². The number of aromatic nitrogens is 2. The summed E-state index contributed by atoms with van der Waals surface area (Å²) in [6.07, 6.45) is 3.16. The topological polar surface area (TPSA) is 56.3 Å². The number of alkyl halides is 2. The fraction of sp³-hybridized carbons (Fsp3) is 0.455. The maximum atomic E-state index is 13.3. The van der Waals surface area contributed by atoms with Crippen LogP contribution < -0.4 is 5.32 Å². The van der Waals surface area contributed by atoms with E-state index in [2.05, 4.69) is 21.2 Å². The van der Waals surface area contributed by atoms with Gasteiger partial charge in [0.1, 0.15) is 17.7 Å². The molecule has 0 saturated heterocycles. The highest BCUT2D eigenvalue weighted by molar-refractivity contribution is 5.53. The molecule has 2 atom stereocenters. The van der Waals surface area contributed by atoms with E-state index in [0.29, 0.717) is 41.4 Å². The van der Waals surface area contributed by atoms with Crippen molar-refractivity contribution in [2.45, 2.75) is 52.9 Å². The molecule has 1 aromatic carbocycles. The van der Waals surface area contributed by atoms with Crippen molar-refractivity contribution in [1.29, 1.82) is 0 Å². The Morgan fingerprint density at radius 3 is 2.41 bits per heavy atom. The number of benzene rings is 1. The third-order valence-electron chi connectivity index (χ3n) is 4.65. The predicted molar refractivity (Wildman–Crippen MR) is 109 cm³/mol. The molecule has 156 valence electrons. The van der Waals surface area contributed by atoms with E-state index in [-0.39, 0.29) is 5.56 Å². The van der Waals surface area contributed by atoms with Crippen LogP contribution in [0, 0.1) is 26.2 Å². The van der Waals surface area contributed by atoms with Gasteiger partial charge in [0.15, 0.2) is 6.29 Å². The zero-order valence-electron chi connectivity index (χ0n) is 17.4. The van der Waals surface area contributed by atoms with Crippen LogP contribution in [0.4, 0.5) is 14.6 Å². The van der Waals surface area contributed by atoms with Crippen molar-refractivity contribution >= 4 is 5.82 Å². The zero-order chi connectivity index (χ0) is 21.6. The third-order valence-corrected chi connectivity index (χ3v) is 4.65. The number of rotatable bonds is 9. The number of hydrogen-bond acceptors (Lipinski definition) is 5. The molecule has 0 aliphatic rings. The van der Waals surface area contributed by atoms with Crippen molar-refractivity contribution in [3.8, 4) is 12.3 Å². The minimum absolute atomic E-state index is 0.0398. The van der Waals surface area contributed by atoms with Gasteiger partial charge in [0.05, 0.1) is 11.3 Å². The van der Waals surface area contributed by atoms with Crippen LogP contribution in [0.3, 0.4) is 0 Å². The Morgan fingerprint density at radius 2 is 1.86 bits per heavy atom. The largest absolute Gasteiger partial charge is 0.352 e. The molecule has 5 nitrogen and oxygen atoms in total. The smallest absolute Gasteiger partial charge is 0.264 e. The van der Waals surface area contributed by atoms with E-state index < -0.39 is 18.8 Å². The maximum absolute atomic E-state index is 13.3. The van der Waals surface area contributed by atoms with E-state index in [4.69, 9.17) is 15.9 Å². The first kappa shape index (κ1) is 22.7. The molecule has 0 bridgehead atoms. The molecule has 0 spiro atoms.